The van der Waals surface area contributed by atoms with Gasteiger partial charge in [-0.15, -0.1) is 0 Å². The molecule has 1 aromatic heterocycles. The van der Waals surface area contributed by atoms with Crippen molar-refractivity contribution in [2.24, 2.45) is 0 Å². The Morgan fingerprint density at radius 2 is 1.76 bits per heavy atom. The van der Waals surface area contributed by atoms with Gasteiger partial charge in [0.15, 0.2) is 5.78 Å². The molecule has 0 saturated carbocycles. The van der Waals surface area contributed by atoms with Crippen LogP contribution in [0.25, 0.3) is 11.0 Å². The van der Waals surface area contributed by atoms with Crippen LogP contribution >= 0.6 is 0 Å². The lowest BCUT2D eigenvalue weighted by molar-refractivity contribution is -0.384. The van der Waals surface area contributed by atoms with Gasteiger partial charge in [0, 0.05) is 30.2 Å². The maximum atomic E-state index is 12.6. The van der Waals surface area contributed by atoms with Gasteiger partial charge in [0.25, 0.3) is 5.69 Å². The molecule has 3 aromatic carbocycles. The van der Waals surface area contributed by atoms with Gasteiger partial charge in [-0.05, 0) is 24.3 Å². The zero-order valence-electron chi connectivity index (χ0n) is 15.5. The smallest absolute Gasteiger partial charge is 0.293 e. The SMILES string of the molecule is O=C(c1ccccc1)c1ccc(NCCc2nc3ccccc3[nH]2)c([N+](=O)[O-])c1. The summed E-state index contributed by atoms with van der Waals surface area (Å²) in [5.74, 6) is 0.555. The zero-order chi connectivity index (χ0) is 20.2. The molecule has 4 rings (SSSR count). The zero-order valence-corrected chi connectivity index (χ0v) is 15.5. The minimum absolute atomic E-state index is 0.128. The number of nitrogens with zero attached hydrogens (tertiary/aromatic N) is 2. The summed E-state index contributed by atoms with van der Waals surface area (Å²) in [6, 6.07) is 20.9. The highest BCUT2D eigenvalue weighted by Crippen LogP contribution is 2.27. The highest BCUT2D eigenvalue weighted by molar-refractivity contribution is 6.09. The minimum atomic E-state index is -0.481. The molecular weight excluding hydrogens is 368 g/mol. The van der Waals surface area contributed by atoms with Crippen LogP contribution in [0.5, 0.6) is 0 Å². The maximum absolute atomic E-state index is 12.6. The number of hydrogen-bond acceptors (Lipinski definition) is 5. The molecule has 0 atom stereocenters. The fourth-order valence-electron chi connectivity index (χ4n) is 3.17. The summed E-state index contributed by atoms with van der Waals surface area (Å²) in [4.78, 5) is 31.3. The average molecular weight is 386 g/mol. The maximum Gasteiger partial charge on any atom is 0.293 e. The first-order valence-electron chi connectivity index (χ1n) is 9.17. The van der Waals surface area contributed by atoms with Crippen LogP contribution in [0.3, 0.4) is 0 Å². The number of nitro groups is 1. The number of aromatic amines is 1. The second-order valence-electron chi connectivity index (χ2n) is 6.56. The largest absolute Gasteiger partial charge is 0.379 e. The number of nitro benzene ring substituents is 1. The van der Waals surface area contributed by atoms with E-state index in [1.165, 1.54) is 6.07 Å². The van der Waals surface area contributed by atoms with Gasteiger partial charge in [-0.1, -0.05) is 42.5 Å². The Hall–Kier alpha value is -4.00. The van der Waals surface area contributed by atoms with E-state index in [1.54, 1.807) is 36.4 Å². The molecule has 0 amide bonds. The molecule has 1 heterocycles. The van der Waals surface area contributed by atoms with E-state index in [0.29, 0.717) is 24.2 Å². The van der Waals surface area contributed by atoms with Crippen LogP contribution in [0.2, 0.25) is 0 Å². The monoisotopic (exact) mass is 386 g/mol. The van der Waals surface area contributed by atoms with Crippen molar-refractivity contribution in [1.82, 2.24) is 9.97 Å². The molecule has 0 aliphatic heterocycles. The number of aromatic nitrogens is 2. The molecule has 4 aromatic rings. The van der Waals surface area contributed by atoms with Crippen molar-refractivity contribution in [3.63, 3.8) is 0 Å². The van der Waals surface area contributed by atoms with E-state index in [2.05, 4.69) is 15.3 Å². The number of anilines is 1. The third-order valence-corrected chi connectivity index (χ3v) is 4.61. The highest BCUT2D eigenvalue weighted by atomic mass is 16.6. The molecule has 0 saturated heterocycles. The number of para-hydroxylation sites is 2. The minimum Gasteiger partial charge on any atom is -0.379 e. The van der Waals surface area contributed by atoms with E-state index in [9.17, 15) is 14.9 Å². The van der Waals surface area contributed by atoms with Crippen LogP contribution in [0.15, 0.2) is 72.8 Å². The van der Waals surface area contributed by atoms with E-state index in [-0.39, 0.29) is 17.0 Å². The molecule has 144 valence electrons. The molecule has 2 N–H and O–H groups in total. The molecule has 0 radical (unpaired) electrons. The van der Waals surface area contributed by atoms with E-state index in [0.717, 1.165) is 16.9 Å². The van der Waals surface area contributed by atoms with Gasteiger partial charge in [-0.2, -0.15) is 0 Å². The first-order chi connectivity index (χ1) is 14.1. The van der Waals surface area contributed by atoms with Crippen molar-refractivity contribution in [1.29, 1.82) is 0 Å². The number of hydrogen-bond donors (Lipinski definition) is 2. The Morgan fingerprint density at radius 3 is 2.52 bits per heavy atom. The van der Waals surface area contributed by atoms with Gasteiger partial charge < -0.3 is 10.3 Å². The quantitative estimate of drug-likeness (QED) is 0.279. The summed E-state index contributed by atoms with van der Waals surface area (Å²) in [6.45, 7) is 0.465. The fraction of sp³-hybridized carbons (Fsp3) is 0.0909. The van der Waals surface area contributed by atoms with Crippen LogP contribution in [-0.4, -0.2) is 27.2 Å². The number of ketones is 1. The van der Waals surface area contributed by atoms with Crippen LogP contribution in [0.4, 0.5) is 11.4 Å². The van der Waals surface area contributed by atoms with Gasteiger partial charge in [0.2, 0.25) is 0 Å². The summed E-state index contributed by atoms with van der Waals surface area (Å²) in [6.07, 6.45) is 0.580. The lowest BCUT2D eigenvalue weighted by Gasteiger charge is -2.08. The van der Waals surface area contributed by atoms with Crippen LogP contribution in [0.1, 0.15) is 21.7 Å². The lowest BCUT2D eigenvalue weighted by Crippen LogP contribution is -2.09. The summed E-state index contributed by atoms with van der Waals surface area (Å²) in [5.41, 5.74) is 2.86. The Balaban J connectivity index is 1.49. The summed E-state index contributed by atoms with van der Waals surface area (Å²) < 4.78 is 0. The van der Waals surface area contributed by atoms with Gasteiger partial charge in [-0.3, -0.25) is 14.9 Å². The Bertz CT molecular complexity index is 1150. The van der Waals surface area contributed by atoms with Crippen molar-refractivity contribution in [3.8, 4) is 0 Å². The number of imidazole rings is 1. The summed E-state index contributed by atoms with van der Waals surface area (Å²) in [7, 11) is 0. The Morgan fingerprint density at radius 1 is 1.00 bits per heavy atom. The number of H-pyrrole nitrogens is 1. The van der Waals surface area contributed by atoms with Crippen LogP contribution in [0, 0.1) is 10.1 Å². The predicted octanol–water partition coefficient (Wildman–Crippen LogP) is 4.36. The molecule has 0 aliphatic carbocycles. The highest BCUT2D eigenvalue weighted by Gasteiger charge is 2.18. The molecular formula is C22H18N4O3. The van der Waals surface area contributed by atoms with Gasteiger partial charge >= 0.3 is 0 Å². The third kappa shape index (κ3) is 3.98. The first-order valence-corrected chi connectivity index (χ1v) is 9.17. The van der Waals surface area contributed by atoms with Gasteiger partial charge in [0.1, 0.15) is 11.5 Å². The fourth-order valence-corrected chi connectivity index (χ4v) is 3.17. The van der Waals surface area contributed by atoms with Crippen molar-refractivity contribution in [2.45, 2.75) is 6.42 Å². The van der Waals surface area contributed by atoms with Crippen molar-refractivity contribution in [2.75, 3.05) is 11.9 Å². The normalized spacial score (nSPS) is 10.8. The molecule has 7 nitrogen and oxygen atoms in total. The van der Waals surface area contributed by atoms with E-state index < -0.39 is 4.92 Å². The van der Waals surface area contributed by atoms with E-state index >= 15 is 0 Å². The second kappa shape index (κ2) is 7.93. The first kappa shape index (κ1) is 18.4. The van der Waals surface area contributed by atoms with Crippen LogP contribution in [-0.2, 0) is 6.42 Å². The van der Waals surface area contributed by atoms with Crippen LogP contribution < -0.4 is 5.32 Å². The molecule has 0 unspecified atom stereocenters. The van der Waals surface area contributed by atoms with E-state index in [4.69, 9.17) is 0 Å². The standard InChI is InChI=1S/C22H18N4O3/c27-22(15-6-2-1-3-7-15)16-10-11-19(20(14-16)26(28)29)23-13-12-21-24-17-8-4-5-9-18(17)25-21/h1-11,14,23H,12-13H2,(H,24,25). The number of benzene rings is 3. The molecule has 7 heteroatoms. The van der Waals surface area contributed by atoms with Gasteiger partial charge in [-0.25, -0.2) is 4.98 Å². The number of carbonyl (C=O) groups is 1. The third-order valence-electron chi connectivity index (χ3n) is 4.61. The number of fused-ring (bicyclic) bond motifs is 1. The lowest BCUT2D eigenvalue weighted by atomic mass is 10.0. The second-order valence-corrected chi connectivity index (χ2v) is 6.56. The Kier molecular flexibility index (Phi) is 5.03. The molecule has 0 fully saturated rings. The predicted molar refractivity (Wildman–Crippen MR) is 111 cm³/mol. The Labute approximate surface area is 166 Å². The molecule has 0 bridgehead atoms. The van der Waals surface area contributed by atoms with E-state index in [1.807, 2.05) is 30.3 Å². The number of rotatable bonds is 7. The average Bonchev–Trinajstić information content (AvgIpc) is 3.16. The van der Waals surface area contributed by atoms with Crippen molar-refractivity contribution >= 4 is 28.2 Å². The molecule has 29 heavy (non-hydrogen) atoms. The molecule has 0 spiro atoms. The molecule has 0 aliphatic rings. The number of carbonyl (C=O) groups excluding carboxylic acids is 1. The topological polar surface area (TPSA) is 101 Å². The summed E-state index contributed by atoms with van der Waals surface area (Å²) >= 11 is 0. The van der Waals surface area contributed by atoms with Crippen molar-refractivity contribution < 1.29 is 9.72 Å². The summed E-state index contributed by atoms with van der Waals surface area (Å²) in [5, 5.41) is 14.6. The van der Waals surface area contributed by atoms with Gasteiger partial charge in [0.05, 0.1) is 16.0 Å². The number of nitrogens with one attached hydrogen (secondary N) is 2. The van der Waals surface area contributed by atoms with Crippen molar-refractivity contribution in [3.05, 3.63) is 99.9 Å².